The number of carbonyl (C=O) groups is 1. The van der Waals surface area contributed by atoms with Crippen molar-refractivity contribution in [1.82, 2.24) is 5.32 Å². The SMILES string of the molecule is O=C(Nc1ccc(I)cc1)[C@H]1CCNC1. The van der Waals surface area contributed by atoms with Gasteiger partial charge in [0.1, 0.15) is 0 Å². The van der Waals surface area contributed by atoms with Crippen molar-refractivity contribution in [2.24, 2.45) is 5.92 Å². The van der Waals surface area contributed by atoms with Crippen molar-refractivity contribution in [2.75, 3.05) is 18.4 Å². The van der Waals surface area contributed by atoms with Crippen LogP contribution in [0.3, 0.4) is 0 Å². The van der Waals surface area contributed by atoms with Crippen molar-refractivity contribution in [3.05, 3.63) is 27.8 Å². The third-order valence-electron chi connectivity index (χ3n) is 2.54. The van der Waals surface area contributed by atoms with Crippen LogP contribution in [0.2, 0.25) is 0 Å². The molecule has 0 radical (unpaired) electrons. The van der Waals surface area contributed by atoms with Gasteiger partial charge in [-0.1, -0.05) is 0 Å². The fraction of sp³-hybridized carbons (Fsp3) is 0.364. The van der Waals surface area contributed by atoms with E-state index in [-0.39, 0.29) is 11.8 Å². The van der Waals surface area contributed by atoms with Gasteiger partial charge < -0.3 is 10.6 Å². The molecule has 1 amide bonds. The summed E-state index contributed by atoms with van der Waals surface area (Å²) in [7, 11) is 0. The summed E-state index contributed by atoms with van der Waals surface area (Å²) in [5, 5.41) is 6.11. The molecule has 3 nitrogen and oxygen atoms in total. The molecule has 0 bridgehead atoms. The van der Waals surface area contributed by atoms with Crippen molar-refractivity contribution in [3.8, 4) is 0 Å². The van der Waals surface area contributed by atoms with Gasteiger partial charge in [0.25, 0.3) is 0 Å². The zero-order valence-electron chi connectivity index (χ0n) is 8.29. The molecule has 1 aromatic rings. The second kappa shape index (κ2) is 4.94. The molecule has 0 spiro atoms. The van der Waals surface area contributed by atoms with E-state index in [1.54, 1.807) is 0 Å². The zero-order valence-corrected chi connectivity index (χ0v) is 10.5. The largest absolute Gasteiger partial charge is 0.326 e. The molecule has 80 valence electrons. The molecule has 1 aliphatic rings. The number of carbonyl (C=O) groups excluding carboxylic acids is 1. The van der Waals surface area contributed by atoms with Crippen LogP contribution >= 0.6 is 22.6 Å². The second-order valence-electron chi connectivity index (χ2n) is 3.69. The van der Waals surface area contributed by atoms with E-state index < -0.39 is 0 Å². The fourth-order valence-corrected chi connectivity index (χ4v) is 2.02. The van der Waals surface area contributed by atoms with Crippen LogP contribution in [0.25, 0.3) is 0 Å². The highest BCUT2D eigenvalue weighted by atomic mass is 127. The Balaban J connectivity index is 1.96. The Morgan fingerprint density at radius 3 is 2.73 bits per heavy atom. The molecular formula is C11H13IN2O. The summed E-state index contributed by atoms with van der Waals surface area (Å²) in [5.74, 6) is 0.255. The standard InChI is InChI=1S/C11H13IN2O/c12-9-1-3-10(4-2-9)14-11(15)8-5-6-13-7-8/h1-4,8,13H,5-7H2,(H,14,15)/t8-/m0/s1. The number of benzene rings is 1. The van der Waals surface area contributed by atoms with Crippen LogP contribution in [0.15, 0.2) is 24.3 Å². The van der Waals surface area contributed by atoms with E-state index in [4.69, 9.17) is 0 Å². The third-order valence-corrected chi connectivity index (χ3v) is 3.26. The Morgan fingerprint density at radius 2 is 2.13 bits per heavy atom. The monoisotopic (exact) mass is 316 g/mol. The van der Waals surface area contributed by atoms with E-state index in [2.05, 4.69) is 33.2 Å². The number of hydrogen-bond donors (Lipinski definition) is 2. The first-order valence-corrected chi connectivity index (χ1v) is 6.11. The minimum absolute atomic E-state index is 0.126. The lowest BCUT2D eigenvalue weighted by Crippen LogP contribution is -2.24. The van der Waals surface area contributed by atoms with Crippen LogP contribution in [0, 0.1) is 9.49 Å². The minimum Gasteiger partial charge on any atom is -0.326 e. The maximum atomic E-state index is 11.7. The molecule has 1 aliphatic heterocycles. The fourth-order valence-electron chi connectivity index (χ4n) is 1.66. The quantitative estimate of drug-likeness (QED) is 0.818. The second-order valence-corrected chi connectivity index (χ2v) is 4.93. The summed E-state index contributed by atoms with van der Waals surface area (Å²) in [4.78, 5) is 11.7. The molecule has 1 heterocycles. The smallest absolute Gasteiger partial charge is 0.228 e. The molecule has 0 saturated carbocycles. The summed E-state index contributed by atoms with van der Waals surface area (Å²) in [6.07, 6.45) is 0.941. The lowest BCUT2D eigenvalue weighted by molar-refractivity contribution is -0.119. The topological polar surface area (TPSA) is 41.1 Å². The van der Waals surface area contributed by atoms with Gasteiger partial charge in [0.2, 0.25) is 5.91 Å². The summed E-state index contributed by atoms with van der Waals surface area (Å²) in [6, 6.07) is 7.84. The van der Waals surface area contributed by atoms with Crippen molar-refractivity contribution in [1.29, 1.82) is 0 Å². The zero-order chi connectivity index (χ0) is 10.7. The van der Waals surface area contributed by atoms with Gasteiger partial charge in [-0.05, 0) is 59.8 Å². The Labute approximate surface area is 103 Å². The number of amides is 1. The van der Waals surface area contributed by atoms with Crippen LogP contribution in [0.5, 0.6) is 0 Å². The summed E-state index contributed by atoms with van der Waals surface area (Å²) < 4.78 is 1.17. The third kappa shape index (κ3) is 2.92. The van der Waals surface area contributed by atoms with E-state index in [1.165, 1.54) is 3.57 Å². The predicted molar refractivity (Wildman–Crippen MR) is 68.8 cm³/mol. The van der Waals surface area contributed by atoms with Crippen molar-refractivity contribution < 1.29 is 4.79 Å². The molecular weight excluding hydrogens is 303 g/mol. The highest BCUT2D eigenvalue weighted by molar-refractivity contribution is 14.1. The van der Waals surface area contributed by atoms with Gasteiger partial charge in [0.15, 0.2) is 0 Å². The van der Waals surface area contributed by atoms with Gasteiger partial charge in [0, 0.05) is 15.8 Å². The highest BCUT2D eigenvalue weighted by Gasteiger charge is 2.22. The van der Waals surface area contributed by atoms with Crippen molar-refractivity contribution in [2.45, 2.75) is 6.42 Å². The molecule has 2 rings (SSSR count). The van der Waals surface area contributed by atoms with Gasteiger partial charge in [0.05, 0.1) is 5.92 Å². The molecule has 15 heavy (non-hydrogen) atoms. The Hall–Kier alpha value is -0.620. The molecule has 1 saturated heterocycles. The van der Waals surface area contributed by atoms with E-state index in [9.17, 15) is 4.79 Å². The van der Waals surface area contributed by atoms with E-state index in [1.807, 2.05) is 24.3 Å². The average molecular weight is 316 g/mol. The molecule has 1 aromatic carbocycles. The van der Waals surface area contributed by atoms with Crippen molar-refractivity contribution >= 4 is 34.2 Å². The Bertz CT molecular complexity index is 344. The molecule has 0 aromatic heterocycles. The van der Waals surface area contributed by atoms with E-state index in [0.29, 0.717) is 0 Å². The summed E-state index contributed by atoms with van der Waals surface area (Å²) in [5.41, 5.74) is 0.882. The van der Waals surface area contributed by atoms with Crippen LogP contribution in [0.1, 0.15) is 6.42 Å². The maximum Gasteiger partial charge on any atom is 0.228 e. The van der Waals surface area contributed by atoms with Gasteiger partial charge in [-0.15, -0.1) is 0 Å². The lowest BCUT2D eigenvalue weighted by atomic mass is 10.1. The number of nitrogens with one attached hydrogen (secondary N) is 2. The lowest BCUT2D eigenvalue weighted by Gasteiger charge is -2.09. The van der Waals surface area contributed by atoms with Gasteiger partial charge >= 0.3 is 0 Å². The molecule has 2 N–H and O–H groups in total. The number of rotatable bonds is 2. The molecule has 1 atom stereocenters. The first-order chi connectivity index (χ1) is 7.25. The minimum atomic E-state index is 0.126. The van der Waals surface area contributed by atoms with Crippen LogP contribution in [-0.2, 0) is 4.79 Å². The highest BCUT2D eigenvalue weighted by Crippen LogP contribution is 2.14. The van der Waals surface area contributed by atoms with Crippen LogP contribution < -0.4 is 10.6 Å². The first kappa shape index (κ1) is 10.9. The summed E-state index contributed by atoms with van der Waals surface area (Å²) in [6.45, 7) is 1.75. The number of halogens is 1. The first-order valence-electron chi connectivity index (χ1n) is 5.03. The Kier molecular flexibility index (Phi) is 3.58. The van der Waals surface area contributed by atoms with Gasteiger partial charge in [-0.25, -0.2) is 0 Å². The molecule has 0 unspecified atom stereocenters. The maximum absolute atomic E-state index is 11.7. The molecule has 0 aliphatic carbocycles. The van der Waals surface area contributed by atoms with Crippen molar-refractivity contribution in [3.63, 3.8) is 0 Å². The van der Waals surface area contributed by atoms with E-state index in [0.717, 1.165) is 25.2 Å². The normalized spacial score (nSPS) is 20.2. The summed E-state index contributed by atoms with van der Waals surface area (Å²) >= 11 is 2.25. The molecule has 1 fully saturated rings. The van der Waals surface area contributed by atoms with Gasteiger partial charge in [-0.3, -0.25) is 4.79 Å². The number of anilines is 1. The average Bonchev–Trinajstić information content (AvgIpc) is 2.74. The van der Waals surface area contributed by atoms with Gasteiger partial charge in [-0.2, -0.15) is 0 Å². The predicted octanol–water partition coefficient (Wildman–Crippen LogP) is 1.84. The Morgan fingerprint density at radius 1 is 1.40 bits per heavy atom. The number of hydrogen-bond acceptors (Lipinski definition) is 2. The van der Waals surface area contributed by atoms with Crippen LogP contribution in [-0.4, -0.2) is 19.0 Å². The van der Waals surface area contributed by atoms with E-state index >= 15 is 0 Å². The van der Waals surface area contributed by atoms with Crippen LogP contribution in [0.4, 0.5) is 5.69 Å². The molecule has 4 heteroatoms.